The van der Waals surface area contributed by atoms with Crippen molar-refractivity contribution in [3.05, 3.63) is 53.7 Å². The lowest BCUT2D eigenvalue weighted by atomic mass is 9.95. The smallest absolute Gasteiger partial charge is 0.320 e. The number of fused-ring (bicyclic) bond motifs is 2. The molecule has 0 saturated carbocycles. The number of piperazine rings is 1. The van der Waals surface area contributed by atoms with E-state index in [2.05, 4.69) is 16.9 Å². The summed E-state index contributed by atoms with van der Waals surface area (Å²) in [6.45, 7) is 3.32. The summed E-state index contributed by atoms with van der Waals surface area (Å²) in [4.78, 5) is 23.4. The number of ether oxygens (including phenoxy) is 1. The van der Waals surface area contributed by atoms with E-state index >= 15 is 0 Å². The largest absolute Gasteiger partial charge is 0.438 e. The molecule has 0 bridgehead atoms. The maximum atomic E-state index is 13.1. The monoisotopic (exact) mass is 338 g/mol. The van der Waals surface area contributed by atoms with Gasteiger partial charge in [-0.15, -0.1) is 0 Å². The minimum Gasteiger partial charge on any atom is -0.438 e. The van der Waals surface area contributed by atoms with E-state index in [1.165, 1.54) is 0 Å². The second-order valence-electron chi connectivity index (χ2n) is 6.62. The fraction of sp³-hybridized carbons (Fsp3) is 0.368. The van der Waals surface area contributed by atoms with Gasteiger partial charge < -0.3 is 19.4 Å². The van der Waals surface area contributed by atoms with E-state index in [9.17, 15) is 4.79 Å². The van der Waals surface area contributed by atoms with Crippen LogP contribution in [0, 0.1) is 0 Å². The maximum Gasteiger partial charge on any atom is 0.320 e. The number of carbonyl (C=O) groups is 1. The van der Waals surface area contributed by atoms with Crippen LogP contribution in [0.4, 0.5) is 4.79 Å². The molecule has 2 amide bonds. The Labute approximate surface area is 147 Å². The third kappa shape index (κ3) is 2.82. The molecule has 1 atom stereocenters. The molecule has 1 unspecified atom stereocenters. The topological polar surface area (TPSA) is 48.9 Å². The second-order valence-corrected chi connectivity index (χ2v) is 6.62. The summed E-state index contributed by atoms with van der Waals surface area (Å²) in [5.41, 5.74) is 1.92. The van der Waals surface area contributed by atoms with E-state index in [1.807, 2.05) is 53.2 Å². The lowest BCUT2D eigenvalue weighted by Gasteiger charge is -2.39. The second kappa shape index (κ2) is 6.37. The maximum absolute atomic E-state index is 13.1. The molecule has 1 aromatic carbocycles. The summed E-state index contributed by atoms with van der Waals surface area (Å²) in [7, 11) is 3.95. The number of hydrogen-bond acceptors (Lipinski definition) is 4. The van der Waals surface area contributed by atoms with Crippen molar-refractivity contribution in [2.24, 2.45) is 0 Å². The van der Waals surface area contributed by atoms with Crippen LogP contribution in [0.1, 0.15) is 17.2 Å². The zero-order chi connectivity index (χ0) is 17.4. The van der Waals surface area contributed by atoms with Gasteiger partial charge in [-0.25, -0.2) is 9.78 Å². The quantitative estimate of drug-likeness (QED) is 0.802. The highest BCUT2D eigenvalue weighted by Gasteiger charge is 2.35. The molecule has 2 aliphatic rings. The van der Waals surface area contributed by atoms with E-state index in [1.54, 1.807) is 6.20 Å². The molecule has 1 aromatic heterocycles. The average molecular weight is 338 g/mol. The summed E-state index contributed by atoms with van der Waals surface area (Å²) >= 11 is 0. The molecule has 1 saturated heterocycles. The van der Waals surface area contributed by atoms with Crippen LogP contribution in [0.25, 0.3) is 0 Å². The molecule has 6 heteroatoms. The molecular weight excluding hydrogens is 316 g/mol. The highest BCUT2D eigenvalue weighted by atomic mass is 16.5. The van der Waals surface area contributed by atoms with Crippen molar-refractivity contribution < 1.29 is 9.53 Å². The van der Waals surface area contributed by atoms with Gasteiger partial charge in [0.05, 0.1) is 6.04 Å². The molecular formula is C19H22N4O2. The Morgan fingerprint density at radius 2 is 1.84 bits per heavy atom. The summed E-state index contributed by atoms with van der Waals surface area (Å²) in [5.74, 6) is 1.33. The van der Waals surface area contributed by atoms with Gasteiger partial charge in [-0.3, -0.25) is 0 Å². The molecule has 25 heavy (non-hydrogen) atoms. The predicted molar refractivity (Wildman–Crippen MR) is 94.8 cm³/mol. The minimum absolute atomic E-state index is 0.0459. The molecule has 1 fully saturated rings. The Bertz CT molecular complexity index is 741. The number of rotatable bonds is 1. The number of amides is 2. The highest BCUT2D eigenvalue weighted by molar-refractivity contribution is 5.76. The molecule has 0 aliphatic carbocycles. The van der Waals surface area contributed by atoms with Crippen molar-refractivity contribution in [2.75, 3.05) is 40.3 Å². The van der Waals surface area contributed by atoms with Gasteiger partial charge in [-0.05, 0) is 25.2 Å². The number of carbonyl (C=O) groups excluding carboxylic acids is 1. The number of para-hydroxylation sites is 1. The molecule has 0 radical (unpaired) electrons. The molecule has 2 aliphatic heterocycles. The number of aromatic nitrogens is 1. The van der Waals surface area contributed by atoms with Gasteiger partial charge in [-0.2, -0.15) is 0 Å². The summed E-state index contributed by atoms with van der Waals surface area (Å²) < 4.78 is 5.93. The fourth-order valence-electron chi connectivity index (χ4n) is 3.52. The first-order valence-corrected chi connectivity index (χ1v) is 8.57. The van der Waals surface area contributed by atoms with Gasteiger partial charge in [-0.1, -0.05) is 18.2 Å². The number of urea groups is 1. The van der Waals surface area contributed by atoms with Crippen LogP contribution in [0.2, 0.25) is 0 Å². The Hall–Kier alpha value is -2.60. The molecule has 4 rings (SSSR count). The van der Waals surface area contributed by atoms with Crippen LogP contribution in [-0.4, -0.2) is 66.0 Å². The summed E-state index contributed by atoms with van der Waals surface area (Å²) in [6.07, 6.45) is 1.71. The van der Waals surface area contributed by atoms with Crippen molar-refractivity contribution in [1.29, 1.82) is 0 Å². The molecule has 130 valence electrons. The van der Waals surface area contributed by atoms with Crippen LogP contribution >= 0.6 is 0 Å². The molecule has 3 heterocycles. The van der Waals surface area contributed by atoms with E-state index in [0.717, 1.165) is 43.1 Å². The Morgan fingerprint density at radius 1 is 1.12 bits per heavy atom. The Morgan fingerprint density at radius 3 is 2.64 bits per heavy atom. The molecule has 2 aromatic rings. The third-order valence-corrected chi connectivity index (χ3v) is 4.98. The number of hydrogen-bond donors (Lipinski definition) is 0. The molecule has 0 spiro atoms. The van der Waals surface area contributed by atoms with Gasteiger partial charge in [0, 0.05) is 50.6 Å². The molecule has 0 N–H and O–H groups in total. The van der Waals surface area contributed by atoms with E-state index in [0.29, 0.717) is 5.88 Å². The number of likely N-dealkylation sites (N-methyl/N-ethyl adjacent to an activating group) is 1. The van der Waals surface area contributed by atoms with E-state index in [4.69, 9.17) is 4.74 Å². The number of benzene rings is 1. The first kappa shape index (κ1) is 15.9. The van der Waals surface area contributed by atoms with Gasteiger partial charge >= 0.3 is 6.03 Å². The van der Waals surface area contributed by atoms with Gasteiger partial charge in [0.1, 0.15) is 5.75 Å². The number of nitrogens with zero attached hydrogens (tertiary/aromatic N) is 4. The normalized spacial score (nSPS) is 19.6. The molecule has 6 nitrogen and oxygen atoms in total. The lowest BCUT2D eigenvalue weighted by molar-refractivity contribution is 0.121. The lowest BCUT2D eigenvalue weighted by Crippen LogP contribution is -2.51. The minimum atomic E-state index is -0.194. The van der Waals surface area contributed by atoms with Crippen LogP contribution < -0.4 is 4.74 Å². The summed E-state index contributed by atoms with van der Waals surface area (Å²) in [6, 6.07) is 11.6. The SMILES string of the molecule is CN1CCN(C(=O)N(C)C2c3ccccc3Oc3ncccc32)CC1. The first-order chi connectivity index (χ1) is 12.1. The standard InChI is InChI=1S/C19H22N4O2/c1-21-10-12-23(13-11-21)19(24)22(2)17-14-6-3-4-8-16(14)25-18-15(17)7-5-9-20-18/h3-9,17H,10-13H2,1-2H3. The van der Waals surface area contributed by atoms with Crippen LogP contribution in [-0.2, 0) is 0 Å². The van der Waals surface area contributed by atoms with E-state index < -0.39 is 0 Å². The fourth-order valence-corrected chi connectivity index (χ4v) is 3.52. The van der Waals surface area contributed by atoms with Gasteiger partial charge in [0.15, 0.2) is 0 Å². The Kier molecular flexibility index (Phi) is 4.05. The average Bonchev–Trinajstić information content (AvgIpc) is 2.65. The number of pyridine rings is 1. The zero-order valence-corrected chi connectivity index (χ0v) is 14.6. The van der Waals surface area contributed by atoms with Crippen molar-refractivity contribution >= 4 is 6.03 Å². The highest BCUT2D eigenvalue weighted by Crippen LogP contribution is 2.44. The van der Waals surface area contributed by atoms with Crippen molar-refractivity contribution in [1.82, 2.24) is 19.7 Å². The first-order valence-electron chi connectivity index (χ1n) is 8.57. The predicted octanol–water partition coefficient (Wildman–Crippen LogP) is 2.58. The third-order valence-electron chi connectivity index (χ3n) is 4.98. The van der Waals surface area contributed by atoms with Crippen molar-refractivity contribution in [2.45, 2.75) is 6.04 Å². The van der Waals surface area contributed by atoms with Gasteiger partial charge in [0.25, 0.3) is 0 Å². The van der Waals surface area contributed by atoms with E-state index in [-0.39, 0.29) is 12.1 Å². The van der Waals surface area contributed by atoms with Crippen molar-refractivity contribution in [3.8, 4) is 11.6 Å². The summed E-state index contributed by atoms with van der Waals surface area (Å²) in [5, 5.41) is 0. The van der Waals surface area contributed by atoms with Crippen LogP contribution in [0.5, 0.6) is 11.6 Å². The van der Waals surface area contributed by atoms with Crippen molar-refractivity contribution in [3.63, 3.8) is 0 Å². The van der Waals surface area contributed by atoms with Gasteiger partial charge in [0.2, 0.25) is 5.88 Å². The van der Waals surface area contributed by atoms with Crippen LogP contribution in [0.3, 0.4) is 0 Å². The zero-order valence-electron chi connectivity index (χ0n) is 14.6. The van der Waals surface area contributed by atoms with Crippen LogP contribution in [0.15, 0.2) is 42.6 Å². The Balaban J connectivity index is 1.68.